The van der Waals surface area contributed by atoms with Gasteiger partial charge in [-0.25, -0.2) is 0 Å². The second-order valence-corrected chi connectivity index (χ2v) is 6.70. The van der Waals surface area contributed by atoms with Gasteiger partial charge in [0.25, 0.3) is 0 Å². The highest BCUT2D eigenvalue weighted by molar-refractivity contribution is 6.32. The summed E-state index contributed by atoms with van der Waals surface area (Å²) < 4.78 is 11.7. The molecule has 1 aliphatic rings. The molecule has 2 atom stereocenters. The molecule has 0 bridgehead atoms. The van der Waals surface area contributed by atoms with Gasteiger partial charge in [0.2, 0.25) is 0 Å². The van der Waals surface area contributed by atoms with Gasteiger partial charge >= 0.3 is 0 Å². The van der Waals surface area contributed by atoms with Crippen LogP contribution >= 0.6 is 11.6 Å². The zero-order valence-electron chi connectivity index (χ0n) is 12.5. The van der Waals surface area contributed by atoms with Crippen LogP contribution in [0.3, 0.4) is 0 Å². The molecule has 4 heteroatoms. The Hall–Kier alpha value is -0.770. The summed E-state index contributed by atoms with van der Waals surface area (Å²) in [5, 5.41) is 0.639. The lowest BCUT2D eigenvalue weighted by Crippen LogP contribution is -2.24. The predicted molar refractivity (Wildman–Crippen MR) is 82.5 cm³/mol. The van der Waals surface area contributed by atoms with Crippen LogP contribution in [-0.4, -0.2) is 24.4 Å². The van der Waals surface area contributed by atoms with E-state index in [0.29, 0.717) is 17.4 Å². The minimum atomic E-state index is -0.0288. The second kappa shape index (κ2) is 6.33. The first-order valence-corrected chi connectivity index (χ1v) is 7.58. The smallest absolute Gasteiger partial charge is 0.138 e. The van der Waals surface area contributed by atoms with E-state index in [4.69, 9.17) is 26.8 Å². The van der Waals surface area contributed by atoms with Gasteiger partial charge in [-0.2, -0.15) is 0 Å². The van der Waals surface area contributed by atoms with Gasteiger partial charge in [0.15, 0.2) is 0 Å². The summed E-state index contributed by atoms with van der Waals surface area (Å²) in [4.78, 5) is 0. The van der Waals surface area contributed by atoms with Gasteiger partial charge < -0.3 is 15.2 Å². The SMILES string of the molecule is CC(N)Cc1ccc(OCC2CCC(C)(C)O2)c(Cl)c1. The normalized spacial score (nSPS) is 22.8. The van der Waals surface area contributed by atoms with Gasteiger partial charge in [0.05, 0.1) is 16.7 Å². The lowest BCUT2D eigenvalue weighted by Gasteiger charge is -2.19. The fourth-order valence-electron chi connectivity index (χ4n) is 2.54. The third-order valence-electron chi connectivity index (χ3n) is 3.53. The van der Waals surface area contributed by atoms with E-state index < -0.39 is 0 Å². The Labute approximate surface area is 126 Å². The van der Waals surface area contributed by atoms with Crippen molar-refractivity contribution in [3.8, 4) is 5.75 Å². The molecule has 112 valence electrons. The summed E-state index contributed by atoms with van der Waals surface area (Å²) in [6.07, 6.45) is 3.08. The van der Waals surface area contributed by atoms with Crippen LogP contribution in [0.4, 0.5) is 0 Å². The van der Waals surface area contributed by atoms with E-state index in [-0.39, 0.29) is 17.7 Å². The van der Waals surface area contributed by atoms with Crippen molar-refractivity contribution in [1.82, 2.24) is 0 Å². The summed E-state index contributed by atoms with van der Waals surface area (Å²) in [5.41, 5.74) is 6.89. The van der Waals surface area contributed by atoms with E-state index in [2.05, 4.69) is 13.8 Å². The molecule has 0 aromatic heterocycles. The number of hydrogen-bond donors (Lipinski definition) is 1. The lowest BCUT2D eigenvalue weighted by atomic mass is 10.1. The first kappa shape index (κ1) is 15.6. The van der Waals surface area contributed by atoms with Crippen LogP contribution in [0.25, 0.3) is 0 Å². The monoisotopic (exact) mass is 297 g/mol. The maximum Gasteiger partial charge on any atom is 0.138 e. The third-order valence-corrected chi connectivity index (χ3v) is 3.83. The van der Waals surface area contributed by atoms with Crippen LogP contribution in [0, 0.1) is 0 Å². The van der Waals surface area contributed by atoms with Crippen LogP contribution < -0.4 is 10.5 Å². The number of rotatable bonds is 5. The summed E-state index contributed by atoms with van der Waals surface area (Å²) in [6.45, 7) is 6.76. The highest BCUT2D eigenvalue weighted by Crippen LogP contribution is 2.31. The van der Waals surface area contributed by atoms with Crippen LogP contribution in [0.15, 0.2) is 18.2 Å². The van der Waals surface area contributed by atoms with Crippen LogP contribution in [0.5, 0.6) is 5.75 Å². The van der Waals surface area contributed by atoms with Crippen LogP contribution in [0.1, 0.15) is 39.2 Å². The molecule has 0 aliphatic carbocycles. The van der Waals surface area contributed by atoms with Crippen molar-refractivity contribution >= 4 is 11.6 Å². The molecule has 1 saturated heterocycles. The third kappa shape index (κ3) is 4.37. The van der Waals surface area contributed by atoms with Crippen molar-refractivity contribution in [2.45, 2.75) is 57.8 Å². The van der Waals surface area contributed by atoms with E-state index in [9.17, 15) is 0 Å². The Morgan fingerprint density at radius 2 is 2.25 bits per heavy atom. The minimum absolute atomic E-state index is 0.0288. The molecule has 0 radical (unpaired) electrons. The van der Waals surface area contributed by atoms with E-state index in [1.54, 1.807) is 0 Å². The average Bonchev–Trinajstić information content (AvgIpc) is 2.67. The van der Waals surface area contributed by atoms with Crippen molar-refractivity contribution in [3.63, 3.8) is 0 Å². The van der Waals surface area contributed by atoms with Crippen LogP contribution in [0.2, 0.25) is 5.02 Å². The Kier molecular flexibility index (Phi) is 4.95. The predicted octanol–water partition coefficient (Wildman–Crippen LogP) is 3.57. The molecule has 2 N–H and O–H groups in total. The molecule has 0 saturated carbocycles. The zero-order valence-corrected chi connectivity index (χ0v) is 13.2. The molecule has 1 aromatic carbocycles. The molecule has 0 amide bonds. The molecular weight excluding hydrogens is 274 g/mol. The first-order chi connectivity index (χ1) is 9.35. The largest absolute Gasteiger partial charge is 0.489 e. The lowest BCUT2D eigenvalue weighted by molar-refractivity contribution is -0.0326. The summed E-state index contributed by atoms with van der Waals surface area (Å²) >= 11 is 6.25. The molecule has 1 aliphatic heterocycles. The van der Waals surface area contributed by atoms with Crippen molar-refractivity contribution in [2.75, 3.05) is 6.61 Å². The Morgan fingerprint density at radius 3 is 2.80 bits per heavy atom. The van der Waals surface area contributed by atoms with E-state index >= 15 is 0 Å². The van der Waals surface area contributed by atoms with Crippen molar-refractivity contribution < 1.29 is 9.47 Å². The number of benzene rings is 1. The number of hydrogen-bond acceptors (Lipinski definition) is 3. The quantitative estimate of drug-likeness (QED) is 0.903. The summed E-state index contributed by atoms with van der Waals surface area (Å²) in [7, 11) is 0. The molecule has 20 heavy (non-hydrogen) atoms. The standard InChI is InChI=1S/C16H24ClNO2/c1-11(18)8-12-4-5-15(14(17)9-12)19-10-13-6-7-16(2,3)20-13/h4-5,9,11,13H,6-8,10,18H2,1-3H3. The number of halogens is 1. The molecule has 1 aromatic rings. The van der Waals surface area contributed by atoms with Gasteiger partial charge in [-0.05, 0) is 57.7 Å². The molecular formula is C16H24ClNO2. The second-order valence-electron chi connectivity index (χ2n) is 6.30. The molecule has 0 spiro atoms. The Balaban J connectivity index is 1.90. The molecule has 2 unspecified atom stereocenters. The molecule has 1 heterocycles. The van der Waals surface area contributed by atoms with E-state index in [1.807, 2.05) is 25.1 Å². The average molecular weight is 298 g/mol. The van der Waals surface area contributed by atoms with Crippen molar-refractivity contribution in [3.05, 3.63) is 28.8 Å². The molecule has 2 rings (SSSR count). The molecule has 1 fully saturated rings. The van der Waals surface area contributed by atoms with Gasteiger partial charge in [-0.3, -0.25) is 0 Å². The minimum Gasteiger partial charge on any atom is -0.489 e. The zero-order chi connectivity index (χ0) is 14.8. The Bertz CT molecular complexity index is 460. The molecule has 3 nitrogen and oxygen atoms in total. The maximum atomic E-state index is 6.25. The summed E-state index contributed by atoms with van der Waals surface area (Å²) in [5.74, 6) is 0.716. The fraction of sp³-hybridized carbons (Fsp3) is 0.625. The van der Waals surface area contributed by atoms with E-state index in [1.165, 1.54) is 0 Å². The topological polar surface area (TPSA) is 44.5 Å². The summed E-state index contributed by atoms with van der Waals surface area (Å²) in [6, 6.07) is 6.00. The maximum absolute atomic E-state index is 6.25. The van der Waals surface area contributed by atoms with Gasteiger partial charge in [-0.1, -0.05) is 17.7 Å². The van der Waals surface area contributed by atoms with Crippen molar-refractivity contribution in [2.24, 2.45) is 5.73 Å². The fourth-order valence-corrected chi connectivity index (χ4v) is 2.80. The highest BCUT2D eigenvalue weighted by Gasteiger charge is 2.31. The van der Waals surface area contributed by atoms with Gasteiger partial charge in [0.1, 0.15) is 12.4 Å². The first-order valence-electron chi connectivity index (χ1n) is 7.20. The van der Waals surface area contributed by atoms with Crippen molar-refractivity contribution in [1.29, 1.82) is 0 Å². The Morgan fingerprint density at radius 1 is 1.50 bits per heavy atom. The van der Waals surface area contributed by atoms with Gasteiger partial charge in [-0.15, -0.1) is 0 Å². The highest BCUT2D eigenvalue weighted by atomic mass is 35.5. The number of nitrogens with two attached hydrogens (primary N) is 1. The number of ether oxygens (including phenoxy) is 2. The van der Waals surface area contributed by atoms with E-state index in [0.717, 1.165) is 24.8 Å². The van der Waals surface area contributed by atoms with Gasteiger partial charge in [0, 0.05) is 6.04 Å². The van der Waals surface area contributed by atoms with Crippen LogP contribution in [-0.2, 0) is 11.2 Å².